The van der Waals surface area contributed by atoms with E-state index < -0.39 is 17.7 Å². The smallest absolute Gasteiger partial charge is 0.300 e. The van der Waals surface area contributed by atoms with Gasteiger partial charge in [0.05, 0.1) is 32.4 Å². The van der Waals surface area contributed by atoms with Gasteiger partial charge in [0.2, 0.25) is 0 Å². The van der Waals surface area contributed by atoms with Crippen molar-refractivity contribution in [3.8, 4) is 17.2 Å². The fraction of sp³-hybridized carbons (Fsp3) is 0.241. The normalized spacial score (nSPS) is 16.6. The van der Waals surface area contributed by atoms with Crippen molar-refractivity contribution < 1.29 is 28.9 Å². The molecule has 1 unspecified atom stereocenters. The molecule has 8 heteroatoms. The Hall–Kier alpha value is -4.46. The van der Waals surface area contributed by atoms with Crippen LogP contribution in [-0.2, 0) is 9.59 Å². The molecule has 0 bridgehead atoms. The van der Waals surface area contributed by atoms with Gasteiger partial charge < -0.3 is 24.2 Å². The quantitative estimate of drug-likeness (QED) is 0.269. The first-order chi connectivity index (χ1) is 17.8. The maximum Gasteiger partial charge on any atom is 0.300 e. The van der Waals surface area contributed by atoms with E-state index in [0.29, 0.717) is 40.7 Å². The number of amides is 1. The zero-order valence-electron chi connectivity index (χ0n) is 21.5. The van der Waals surface area contributed by atoms with Crippen molar-refractivity contribution >= 4 is 28.8 Å². The number of aliphatic hydroxyl groups excluding tert-OH is 1. The molecule has 1 aliphatic heterocycles. The van der Waals surface area contributed by atoms with E-state index >= 15 is 0 Å². The minimum atomic E-state index is -0.902. The molecule has 0 aromatic heterocycles. The largest absolute Gasteiger partial charge is 0.507 e. The van der Waals surface area contributed by atoms with Crippen LogP contribution in [0.3, 0.4) is 0 Å². The van der Waals surface area contributed by atoms with Gasteiger partial charge in [0.25, 0.3) is 11.7 Å². The van der Waals surface area contributed by atoms with Crippen LogP contribution < -0.4 is 24.0 Å². The Morgan fingerprint density at radius 3 is 2.27 bits per heavy atom. The van der Waals surface area contributed by atoms with E-state index in [1.165, 1.54) is 19.1 Å². The first kappa shape index (κ1) is 25.6. The van der Waals surface area contributed by atoms with E-state index in [0.717, 1.165) is 5.69 Å². The van der Waals surface area contributed by atoms with Crippen LogP contribution in [0.15, 0.2) is 72.3 Å². The lowest BCUT2D eigenvalue weighted by Crippen LogP contribution is -2.29. The van der Waals surface area contributed by atoms with Gasteiger partial charge in [-0.2, -0.15) is 0 Å². The second kappa shape index (κ2) is 10.7. The summed E-state index contributed by atoms with van der Waals surface area (Å²) in [5.74, 6) is -0.319. The molecule has 192 valence electrons. The van der Waals surface area contributed by atoms with Crippen molar-refractivity contribution in [2.75, 3.05) is 44.7 Å². The van der Waals surface area contributed by atoms with Crippen LogP contribution in [0.5, 0.6) is 17.2 Å². The fourth-order valence-electron chi connectivity index (χ4n) is 4.40. The maximum absolute atomic E-state index is 13.4. The van der Waals surface area contributed by atoms with Gasteiger partial charge in [-0.1, -0.05) is 18.2 Å². The summed E-state index contributed by atoms with van der Waals surface area (Å²) < 4.78 is 16.4. The second-order valence-corrected chi connectivity index (χ2v) is 8.66. The predicted molar refractivity (Wildman–Crippen MR) is 143 cm³/mol. The lowest BCUT2D eigenvalue weighted by Gasteiger charge is -2.26. The van der Waals surface area contributed by atoms with Crippen molar-refractivity contribution in [2.24, 2.45) is 0 Å². The molecule has 3 aromatic carbocycles. The van der Waals surface area contributed by atoms with Gasteiger partial charge in [0, 0.05) is 31.0 Å². The van der Waals surface area contributed by atoms with Gasteiger partial charge in [-0.05, 0) is 61.0 Å². The summed E-state index contributed by atoms with van der Waals surface area (Å²) in [5.41, 5.74) is 2.39. The van der Waals surface area contributed by atoms with Gasteiger partial charge in [-0.15, -0.1) is 0 Å². The molecule has 1 fully saturated rings. The number of Topliss-reactive ketones (excluding diaryl/α,β-unsaturated/α-hetero) is 1. The molecule has 1 saturated heterocycles. The average molecular weight is 503 g/mol. The number of carbonyl (C=O) groups is 2. The third kappa shape index (κ3) is 4.82. The van der Waals surface area contributed by atoms with Crippen LogP contribution >= 0.6 is 0 Å². The average Bonchev–Trinajstić information content (AvgIpc) is 3.18. The van der Waals surface area contributed by atoms with Crippen molar-refractivity contribution in [1.29, 1.82) is 0 Å². The topological polar surface area (TPSA) is 88.5 Å². The zero-order chi connectivity index (χ0) is 26.7. The van der Waals surface area contributed by atoms with E-state index in [1.807, 2.05) is 38.1 Å². The van der Waals surface area contributed by atoms with E-state index in [-0.39, 0.29) is 11.3 Å². The number of aliphatic hydroxyl groups is 1. The summed E-state index contributed by atoms with van der Waals surface area (Å²) in [7, 11) is 6.88. The Morgan fingerprint density at radius 1 is 0.946 bits per heavy atom. The van der Waals surface area contributed by atoms with Crippen LogP contribution in [0.2, 0.25) is 0 Å². The number of hydrogen-bond donors (Lipinski definition) is 1. The first-order valence-corrected chi connectivity index (χ1v) is 11.8. The number of ketones is 1. The minimum Gasteiger partial charge on any atom is -0.507 e. The molecule has 8 nitrogen and oxygen atoms in total. The van der Waals surface area contributed by atoms with Crippen molar-refractivity contribution in [3.63, 3.8) is 0 Å². The summed E-state index contributed by atoms with van der Waals surface area (Å²) >= 11 is 0. The molecule has 0 radical (unpaired) electrons. The zero-order valence-corrected chi connectivity index (χ0v) is 21.5. The molecule has 3 aromatic rings. The molecule has 1 heterocycles. The Labute approximate surface area is 216 Å². The monoisotopic (exact) mass is 502 g/mol. The lowest BCUT2D eigenvalue weighted by atomic mass is 9.94. The summed E-state index contributed by atoms with van der Waals surface area (Å²) in [4.78, 5) is 30.2. The van der Waals surface area contributed by atoms with Crippen LogP contribution in [0, 0.1) is 0 Å². The number of hydrogen-bond acceptors (Lipinski definition) is 7. The number of carbonyl (C=O) groups excluding carboxylic acids is 2. The van der Waals surface area contributed by atoms with E-state index in [2.05, 4.69) is 0 Å². The lowest BCUT2D eigenvalue weighted by molar-refractivity contribution is -0.132. The third-order valence-corrected chi connectivity index (χ3v) is 6.23. The molecule has 4 rings (SSSR count). The second-order valence-electron chi connectivity index (χ2n) is 8.66. The first-order valence-electron chi connectivity index (χ1n) is 11.8. The van der Waals surface area contributed by atoms with Gasteiger partial charge >= 0.3 is 0 Å². The van der Waals surface area contributed by atoms with Crippen LogP contribution in [-0.4, -0.2) is 51.7 Å². The fourth-order valence-corrected chi connectivity index (χ4v) is 4.40. The van der Waals surface area contributed by atoms with E-state index in [9.17, 15) is 14.7 Å². The number of ether oxygens (including phenoxy) is 3. The highest BCUT2D eigenvalue weighted by molar-refractivity contribution is 6.51. The summed E-state index contributed by atoms with van der Waals surface area (Å²) in [6.45, 7) is 2.31. The van der Waals surface area contributed by atoms with Gasteiger partial charge in [-0.3, -0.25) is 14.5 Å². The van der Waals surface area contributed by atoms with Crippen LogP contribution in [0.4, 0.5) is 11.4 Å². The summed E-state index contributed by atoms with van der Waals surface area (Å²) in [6, 6.07) is 18.4. The highest BCUT2D eigenvalue weighted by Gasteiger charge is 2.47. The Morgan fingerprint density at radius 2 is 1.65 bits per heavy atom. The summed E-state index contributed by atoms with van der Waals surface area (Å²) in [6.07, 6.45) is 0. The maximum atomic E-state index is 13.4. The molecular weight excluding hydrogens is 472 g/mol. The van der Waals surface area contributed by atoms with Crippen LogP contribution in [0.25, 0.3) is 5.76 Å². The standard InChI is InChI=1S/C29H30N2O6/c1-6-37-22-9-7-8-19(16-22)27(32)25-26(18-10-15-23(35-4)24(17-18)36-5)31(29(34)28(25)33)21-13-11-20(12-14-21)30(2)3/h7-17,26,32H,6H2,1-5H3/b27-25-. The molecule has 1 N–H and O–H groups in total. The molecule has 0 aliphatic carbocycles. The molecule has 37 heavy (non-hydrogen) atoms. The number of anilines is 2. The minimum absolute atomic E-state index is 0.0254. The Bertz CT molecular complexity index is 1350. The highest BCUT2D eigenvalue weighted by Crippen LogP contribution is 2.44. The Balaban J connectivity index is 1.93. The number of rotatable bonds is 8. The van der Waals surface area contributed by atoms with Crippen molar-refractivity contribution in [3.05, 3.63) is 83.4 Å². The van der Waals surface area contributed by atoms with Gasteiger partial charge in [-0.25, -0.2) is 0 Å². The third-order valence-electron chi connectivity index (χ3n) is 6.23. The van der Waals surface area contributed by atoms with Crippen LogP contribution in [0.1, 0.15) is 24.1 Å². The molecule has 0 saturated carbocycles. The summed E-state index contributed by atoms with van der Waals surface area (Å²) in [5, 5.41) is 11.4. The van der Waals surface area contributed by atoms with E-state index in [1.54, 1.807) is 54.6 Å². The number of methoxy groups -OCH3 is 2. The van der Waals surface area contributed by atoms with Gasteiger partial charge in [0.15, 0.2) is 11.5 Å². The molecule has 1 aliphatic rings. The molecule has 1 atom stereocenters. The SMILES string of the molecule is CCOc1cccc(/C(O)=C2/C(=O)C(=O)N(c3ccc(N(C)C)cc3)C2c2ccc(OC)c(OC)c2)c1. The number of nitrogens with zero attached hydrogens (tertiary/aromatic N) is 2. The molecular formula is C29H30N2O6. The Kier molecular flexibility index (Phi) is 7.38. The predicted octanol–water partition coefficient (Wildman–Crippen LogP) is 4.79. The molecule has 1 amide bonds. The van der Waals surface area contributed by atoms with Crippen molar-refractivity contribution in [2.45, 2.75) is 13.0 Å². The van der Waals surface area contributed by atoms with Gasteiger partial charge in [0.1, 0.15) is 11.5 Å². The number of benzene rings is 3. The van der Waals surface area contributed by atoms with E-state index in [4.69, 9.17) is 14.2 Å². The highest BCUT2D eigenvalue weighted by atomic mass is 16.5. The van der Waals surface area contributed by atoms with Crippen molar-refractivity contribution in [1.82, 2.24) is 0 Å². The molecule has 0 spiro atoms.